The molecule has 21 heavy (non-hydrogen) atoms. The van der Waals surface area contributed by atoms with Gasteiger partial charge >= 0.3 is 0 Å². The molecule has 2 nitrogen and oxygen atoms in total. The Labute approximate surface area is 127 Å². The number of ether oxygens (including phenoxy) is 1. The van der Waals surface area contributed by atoms with Gasteiger partial charge in [0.1, 0.15) is 0 Å². The van der Waals surface area contributed by atoms with E-state index in [0.29, 0.717) is 12.0 Å². The maximum atomic E-state index is 5.55. The van der Waals surface area contributed by atoms with Gasteiger partial charge in [0.25, 0.3) is 0 Å². The molecule has 1 fully saturated rings. The smallest absolute Gasteiger partial charge is 0.0469 e. The number of rotatable bonds is 4. The van der Waals surface area contributed by atoms with Crippen LogP contribution < -0.4 is 5.32 Å². The standard InChI is InChI=1S/C19H25NO/c1-3-20-19(16-10-12-21-13-11-16)18-14(2)8-9-15-6-4-5-7-17(15)18/h4-9,16,19-20H,3,10-13H2,1-2H3. The van der Waals surface area contributed by atoms with Gasteiger partial charge in [0.15, 0.2) is 0 Å². The Morgan fingerprint density at radius 3 is 2.67 bits per heavy atom. The highest BCUT2D eigenvalue weighted by Crippen LogP contribution is 2.36. The Kier molecular flexibility index (Phi) is 4.57. The number of hydrogen-bond donors (Lipinski definition) is 1. The second-order valence-corrected chi connectivity index (χ2v) is 6.00. The van der Waals surface area contributed by atoms with Gasteiger partial charge in [-0.2, -0.15) is 0 Å². The monoisotopic (exact) mass is 283 g/mol. The molecule has 2 aromatic rings. The Hall–Kier alpha value is -1.38. The first-order valence-corrected chi connectivity index (χ1v) is 8.10. The predicted molar refractivity (Wildman–Crippen MR) is 88.6 cm³/mol. The topological polar surface area (TPSA) is 21.3 Å². The molecule has 1 unspecified atom stereocenters. The first kappa shape index (κ1) is 14.6. The molecule has 0 aromatic heterocycles. The summed E-state index contributed by atoms with van der Waals surface area (Å²) in [7, 11) is 0. The summed E-state index contributed by atoms with van der Waals surface area (Å²) in [5, 5.41) is 6.48. The van der Waals surface area contributed by atoms with Gasteiger partial charge in [-0.3, -0.25) is 0 Å². The van der Waals surface area contributed by atoms with Gasteiger partial charge in [-0.25, -0.2) is 0 Å². The molecule has 0 aliphatic carbocycles. The number of nitrogens with one attached hydrogen (secondary N) is 1. The van der Waals surface area contributed by atoms with Crippen molar-refractivity contribution in [2.45, 2.75) is 32.7 Å². The number of hydrogen-bond acceptors (Lipinski definition) is 2. The van der Waals surface area contributed by atoms with Gasteiger partial charge in [0, 0.05) is 19.3 Å². The minimum absolute atomic E-state index is 0.435. The van der Waals surface area contributed by atoms with E-state index in [9.17, 15) is 0 Å². The van der Waals surface area contributed by atoms with Crippen molar-refractivity contribution < 1.29 is 4.74 Å². The molecule has 0 amide bonds. The summed E-state index contributed by atoms with van der Waals surface area (Å²) in [6, 6.07) is 13.7. The zero-order valence-electron chi connectivity index (χ0n) is 13.1. The molecule has 2 aromatic carbocycles. The molecule has 1 atom stereocenters. The lowest BCUT2D eigenvalue weighted by molar-refractivity contribution is 0.0539. The highest BCUT2D eigenvalue weighted by molar-refractivity contribution is 5.87. The van der Waals surface area contributed by atoms with Crippen molar-refractivity contribution in [2.24, 2.45) is 5.92 Å². The predicted octanol–water partition coefficient (Wildman–Crippen LogP) is 4.23. The normalized spacial score (nSPS) is 18.0. The maximum Gasteiger partial charge on any atom is 0.0469 e. The van der Waals surface area contributed by atoms with E-state index in [2.05, 4.69) is 55.6 Å². The van der Waals surface area contributed by atoms with E-state index < -0.39 is 0 Å². The fourth-order valence-electron chi connectivity index (χ4n) is 3.59. The third kappa shape index (κ3) is 2.97. The summed E-state index contributed by atoms with van der Waals surface area (Å²) in [5.41, 5.74) is 2.88. The van der Waals surface area contributed by atoms with Crippen LogP contribution in [0.5, 0.6) is 0 Å². The largest absolute Gasteiger partial charge is 0.381 e. The highest BCUT2D eigenvalue weighted by Gasteiger charge is 2.27. The molecule has 1 aliphatic rings. The first-order chi connectivity index (χ1) is 10.3. The van der Waals surface area contributed by atoms with Crippen LogP contribution in [-0.2, 0) is 4.74 Å². The van der Waals surface area contributed by atoms with Crippen LogP contribution in [-0.4, -0.2) is 19.8 Å². The lowest BCUT2D eigenvalue weighted by Crippen LogP contribution is -2.32. The van der Waals surface area contributed by atoms with Gasteiger partial charge in [-0.1, -0.05) is 43.3 Å². The van der Waals surface area contributed by atoms with Crippen LogP contribution in [0.1, 0.15) is 36.9 Å². The van der Waals surface area contributed by atoms with Gasteiger partial charge in [0.05, 0.1) is 0 Å². The summed E-state index contributed by atoms with van der Waals surface area (Å²) in [5.74, 6) is 0.670. The Bertz CT molecular complexity index is 602. The van der Waals surface area contributed by atoms with Crippen LogP contribution in [0.4, 0.5) is 0 Å². The van der Waals surface area contributed by atoms with E-state index in [1.54, 1.807) is 0 Å². The third-order valence-electron chi connectivity index (χ3n) is 4.66. The average molecular weight is 283 g/mol. The van der Waals surface area contributed by atoms with E-state index >= 15 is 0 Å². The van der Waals surface area contributed by atoms with Crippen LogP contribution in [0.25, 0.3) is 10.8 Å². The fraction of sp³-hybridized carbons (Fsp3) is 0.474. The van der Waals surface area contributed by atoms with Crippen molar-refractivity contribution in [3.8, 4) is 0 Å². The molecule has 0 radical (unpaired) electrons. The fourth-order valence-corrected chi connectivity index (χ4v) is 3.59. The van der Waals surface area contributed by atoms with Crippen LogP contribution in [0.3, 0.4) is 0 Å². The Balaban J connectivity index is 2.07. The lowest BCUT2D eigenvalue weighted by Gasteiger charge is -2.33. The van der Waals surface area contributed by atoms with Crippen molar-refractivity contribution in [1.82, 2.24) is 5.32 Å². The molecule has 0 saturated carbocycles. The van der Waals surface area contributed by atoms with Gasteiger partial charge in [-0.15, -0.1) is 0 Å². The molecule has 2 heteroatoms. The minimum atomic E-state index is 0.435. The zero-order valence-corrected chi connectivity index (χ0v) is 13.1. The molecule has 1 heterocycles. The van der Waals surface area contributed by atoms with E-state index in [1.807, 2.05) is 0 Å². The van der Waals surface area contributed by atoms with Crippen molar-refractivity contribution in [2.75, 3.05) is 19.8 Å². The van der Waals surface area contributed by atoms with Crippen molar-refractivity contribution in [1.29, 1.82) is 0 Å². The first-order valence-electron chi connectivity index (χ1n) is 8.10. The van der Waals surface area contributed by atoms with Gasteiger partial charge < -0.3 is 10.1 Å². The summed E-state index contributed by atoms with van der Waals surface area (Å²) in [6.45, 7) is 7.25. The summed E-state index contributed by atoms with van der Waals surface area (Å²) >= 11 is 0. The lowest BCUT2D eigenvalue weighted by atomic mass is 9.83. The average Bonchev–Trinajstić information content (AvgIpc) is 2.54. The van der Waals surface area contributed by atoms with E-state index in [1.165, 1.54) is 21.9 Å². The van der Waals surface area contributed by atoms with Crippen LogP contribution in [0, 0.1) is 12.8 Å². The molecular formula is C19H25NO. The number of benzene rings is 2. The zero-order chi connectivity index (χ0) is 14.7. The van der Waals surface area contributed by atoms with E-state index in [-0.39, 0.29) is 0 Å². The van der Waals surface area contributed by atoms with Crippen molar-refractivity contribution in [3.63, 3.8) is 0 Å². The Morgan fingerprint density at radius 2 is 1.90 bits per heavy atom. The van der Waals surface area contributed by atoms with Crippen LogP contribution in [0.2, 0.25) is 0 Å². The molecule has 1 saturated heterocycles. The molecule has 0 spiro atoms. The quantitative estimate of drug-likeness (QED) is 0.907. The molecule has 3 rings (SSSR count). The molecular weight excluding hydrogens is 258 g/mol. The highest BCUT2D eigenvalue weighted by atomic mass is 16.5. The van der Waals surface area contributed by atoms with Crippen molar-refractivity contribution in [3.05, 3.63) is 47.5 Å². The third-order valence-corrected chi connectivity index (χ3v) is 4.66. The second kappa shape index (κ2) is 6.59. The maximum absolute atomic E-state index is 5.55. The number of fused-ring (bicyclic) bond motifs is 1. The second-order valence-electron chi connectivity index (χ2n) is 6.00. The summed E-state index contributed by atoms with van der Waals surface area (Å²) < 4.78 is 5.55. The van der Waals surface area contributed by atoms with Crippen LogP contribution in [0.15, 0.2) is 36.4 Å². The van der Waals surface area contributed by atoms with Crippen molar-refractivity contribution >= 4 is 10.8 Å². The summed E-state index contributed by atoms with van der Waals surface area (Å²) in [4.78, 5) is 0. The summed E-state index contributed by atoms with van der Waals surface area (Å²) in [6.07, 6.45) is 2.31. The van der Waals surface area contributed by atoms with Gasteiger partial charge in [0.2, 0.25) is 0 Å². The SMILES string of the molecule is CCNC(c1c(C)ccc2ccccc12)C1CCOCC1. The molecule has 0 bridgehead atoms. The van der Waals surface area contributed by atoms with Crippen LogP contribution >= 0.6 is 0 Å². The minimum Gasteiger partial charge on any atom is -0.381 e. The Morgan fingerprint density at radius 1 is 1.14 bits per heavy atom. The number of aryl methyl sites for hydroxylation is 1. The molecule has 1 aliphatic heterocycles. The molecule has 1 N–H and O–H groups in total. The molecule has 112 valence electrons. The van der Waals surface area contributed by atoms with E-state index in [4.69, 9.17) is 4.74 Å². The van der Waals surface area contributed by atoms with E-state index in [0.717, 1.165) is 32.6 Å². The van der Waals surface area contributed by atoms with Gasteiger partial charge in [-0.05, 0) is 54.1 Å².